The van der Waals surface area contributed by atoms with Gasteiger partial charge in [0.15, 0.2) is 0 Å². The van der Waals surface area contributed by atoms with Crippen LogP contribution in [-0.2, 0) is 9.53 Å². The molecule has 35 heavy (non-hydrogen) atoms. The maximum atomic E-state index is 12.3. The summed E-state index contributed by atoms with van der Waals surface area (Å²) in [5.41, 5.74) is 0.663. The van der Waals surface area contributed by atoms with Crippen LogP contribution < -0.4 is 21.3 Å². The molecule has 0 fully saturated rings. The molecule has 1 aromatic rings. The Morgan fingerprint density at radius 2 is 1.66 bits per heavy atom. The third-order valence-corrected chi connectivity index (χ3v) is 7.49. The summed E-state index contributed by atoms with van der Waals surface area (Å²) in [6.45, 7) is 15.4. The molecule has 0 radical (unpaired) electrons. The molecule has 1 rings (SSSR count). The Labute approximate surface area is 219 Å². The summed E-state index contributed by atoms with van der Waals surface area (Å²) in [6, 6.07) is 8.08. The molecule has 0 heterocycles. The van der Waals surface area contributed by atoms with Gasteiger partial charge in [-0.05, 0) is 30.2 Å². The maximum Gasteiger partial charge on any atom is 0.251 e. The van der Waals surface area contributed by atoms with Gasteiger partial charge in [-0.25, -0.2) is 0 Å². The molecule has 0 saturated carbocycles. The van der Waals surface area contributed by atoms with Gasteiger partial charge in [-0.3, -0.25) is 9.59 Å². The van der Waals surface area contributed by atoms with Gasteiger partial charge in [-0.15, -0.1) is 0 Å². The van der Waals surface area contributed by atoms with E-state index in [1.807, 2.05) is 38.1 Å². The van der Waals surface area contributed by atoms with E-state index in [1.54, 1.807) is 21.6 Å². The third kappa shape index (κ3) is 15.8. The Kier molecular flexibility index (Phi) is 16.6. The molecule has 7 nitrogen and oxygen atoms in total. The predicted molar refractivity (Wildman–Crippen MR) is 148 cm³/mol. The summed E-state index contributed by atoms with van der Waals surface area (Å²) in [5.74, 6) is 6.42. The smallest absolute Gasteiger partial charge is 0.251 e. The zero-order valence-electron chi connectivity index (χ0n) is 21.9. The molecule has 2 amide bonds. The fourth-order valence-electron chi connectivity index (χ4n) is 2.68. The first-order valence-electron chi connectivity index (χ1n) is 12.2. The van der Waals surface area contributed by atoms with E-state index in [1.165, 1.54) is 0 Å². The SMILES string of the molecule is CC(C)C#CCNC(=O)COCCNC(SSc1ccc(C(=O)NCCNC(C)C)cc1)C(C)C. The van der Waals surface area contributed by atoms with Crippen LogP contribution in [-0.4, -0.2) is 62.6 Å². The van der Waals surface area contributed by atoms with Crippen molar-refractivity contribution >= 4 is 33.4 Å². The molecule has 4 N–H and O–H groups in total. The van der Waals surface area contributed by atoms with E-state index in [-0.39, 0.29) is 23.8 Å². The minimum Gasteiger partial charge on any atom is -0.370 e. The topological polar surface area (TPSA) is 91.5 Å². The first kappa shape index (κ1) is 31.3. The van der Waals surface area contributed by atoms with Crippen molar-refractivity contribution in [3.8, 4) is 11.8 Å². The first-order valence-corrected chi connectivity index (χ1v) is 14.4. The summed E-state index contributed by atoms with van der Waals surface area (Å²) < 4.78 is 5.47. The predicted octanol–water partition coefficient (Wildman–Crippen LogP) is 3.52. The molecule has 1 aromatic carbocycles. The number of hydrogen-bond acceptors (Lipinski definition) is 7. The number of carbonyl (C=O) groups excluding carboxylic acids is 2. The van der Waals surface area contributed by atoms with Gasteiger partial charge in [0, 0.05) is 42.1 Å². The highest BCUT2D eigenvalue weighted by molar-refractivity contribution is 8.76. The second-order valence-corrected chi connectivity index (χ2v) is 11.4. The lowest BCUT2D eigenvalue weighted by Crippen LogP contribution is -2.34. The van der Waals surface area contributed by atoms with Crippen LogP contribution in [0.2, 0.25) is 0 Å². The highest BCUT2D eigenvalue weighted by Crippen LogP contribution is 2.36. The molecule has 0 spiro atoms. The molecule has 0 aliphatic carbocycles. The van der Waals surface area contributed by atoms with Crippen LogP contribution in [0.25, 0.3) is 0 Å². The summed E-state index contributed by atoms with van der Waals surface area (Å²) in [5, 5.41) is 12.6. The fourth-order valence-corrected chi connectivity index (χ4v) is 5.39. The largest absolute Gasteiger partial charge is 0.370 e. The summed E-state index contributed by atoms with van der Waals surface area (Å²) >= 11 is 0. The highest BCUT2D eigenvalue weighted by Gasteiger charge is 2.14. The molecule has 0 aliphatic rings. The lowest BCUT2D eigenvalue weighted by Gasteiger charge is -2.21. The average molecular weight is 523 g/mol. The molecule has 0 aromatic heterocycles. The quantitative estimate of drug-likeness (QED) is 0.114. The lowest BCUT2D eigenvalue weighted by molar-refractivity contribution is -0.125. The minimum atomic E-state index is -0.155. The number of ether oxygens (including phenoxy) is 1. The monoisotopic (exact) mass is 522 g/mol. The van der Waals surface area contributed by atoms with E-state index in [2.05, 4.69) is 60.8 Å². The standard InChI is InChI=1S/C26H42N4O3S2/c1-19(2)8-7-13-28-24(31)18-33-17-16-30-26(20(3)4)35-34-23-11-9-22(10-12-23)25(32)29-15-14-27-21(5)6/h9-12,19-21,26-27,30H,13-18H2,1-6H3,(H,28,31)(H,29,32). The van der Waals surface area contributed by atoms with Gasteiger partial charge in [0.25, 0.3) is 5.91 Å². The zero-order valence-corrected chi connectivity index (χ0v) is 23.5. The Balaban J connectivity index is 2.30. The number of benzene rings is 1. The van der Waals surface area contributed by atoms with E-state index < -0.39 is 0 Å². The Bertz CT molecular complexity index is 805. The van der Waals surface area contributed by atoms with Crippen molar-refractivity contribution in [1.29, 1.82) is 0 Å². The van der Waals surface area contributed by atoms with Crippen LogP contribution in [0.3, 0.4) is 0 Å². The maximum absolute atomic E-state index is 12.3. The highest BCUT2D eigenvalue weighted by atomic mass is 33.1. The fraction of sp³-hybridized carbons (Fsp3) is 0.615. The normalized spacial score (nSPS) is 11.9. The zero-order chi connectivity index (χ0) is 26.1. The van der Waals surface area contributed by atoms with Crippen molar-refractivity contribution in [2.24, 2.45) is 11.8 Å². The number of carbonyl (C=O) groups is 2. The first-order chi connectivity index (χ1) is 16.7. The van der Waals surface area contributed by atoms with Crippen LogP contribution in [0.5, 0.6) is 0 Å². The van der Waals surface area contributed by atoms with Crippen LogP contribution in [0.15, 0.2) is 29.2 Å². The van der Waals surface area contributed by atoms with Gasteiger partial charge in [0.2, 0.25) is 5.91 Å². The Morgan fingerprint density at radius 3 is 2.29 bits per heavy atom. The molecule has 0 aliphatic heterocycles. The summed E-state index contributed by atoms with van der Waals surface area (Å²) in [6.07, 6.45) is 0. The van der Waals surface area contributed by atoms with E-state index in [0.29, 0.717) is 49.7 Å². The van der Waals surface area contributed by atoms with Crippen LogP contribution in [0.4, 0.5) is 0 Å². The van der Waals surface area contributed by atoms with E-state index >= 15 is 0 Å². The molecule has 0 bridgehead atoms. The van der Waals surface area contributed by atoms with E-state index in [4.69, 9.17) is 4.74 Å². The van der Waals surface area contributed by atoms with Gasteiger partial charge in [0.05, 0.1) is 18.5 Å². The number of hydrogen-bond donors (Lipinski definition) is 4. The van der Waals surface area contributed by atoms with E-state index in [9.17, 15) is 9.59 Å². The van der Waals surface area contributed by atoms with Crippen LogP contribution in [0.1, 0.15) is 51.9 Å². The number of nitrogens with one attached hydrogen (secondary N) is 4. The van der Waals surface area contributed by atoms with Crippen molar-refractivity contribution in [2.75, 3.05) is 39.4 Å². The second kappa shape index (κ2) is 18.6. The number of rotatable bonds is 16. The number of amides is 2. The van der Waals surface area contributed by atoms with Crippen molar-refractivity contribution in [3.05, 3.63) is 29.8 Å². The van der Waals surface area contributed by atoms with Gasteiger partial charge < -0.3 is 26.0 Å². The molecule has 1 unspecified atom stereocenters. The van der Waals surface area contributed by atoms with Crippen LogP contribution >= 0.6 is 21.6 Å². The molecule has 196 valence electrons. The molecule has 9 heteroatoms. The third-order valence-electron chi connectivity index (χ3n) is 4.52. The van der Waals surface area contributed by atoms with Gasteiger partial charge in [-0.1, -0.05) is 75.0 Å². The molecule has 0 saturated heterocycles. The van der Waals surface area contributed by atoms with Crippen molar-refractivity contribution in [2.45, 2.75) is 57.9 Å². The van der Waals surface area contributed by atoms with E-state index in [0.717, 1.165) is 11.4 Å². The van der Waals surface area contributed by atoms with Gasteiger partial charge >= 0.3 is 0 Å². The second-order valence-electron chi connectivity index (χ2n) is 8.99. The molecular weight excluding hydrogens is 480 g/mol. The summed E-state index contributed by atoms with van der Waals surface area (Å²) in [4.78, 5) is 25.1. The van der Waals surface area contributed by atoms with Crippen molar-refractivity contribution in [1.82, 2.24) is 21.3 Å². The van der Waals surface area contributed by atoms with Crippen molar-refractivity contribution in [3.63, 3.8) is 0 Å². The lowest BCUT2D eigenvalue weighted by atomic mass is 10.2. The molecule has 1 atom stereocenters. The Morgan fingerprint density at radius 1 is 0.943 bits per heavy atom. The van der Waals surface area contributed by atoms with Gasteiger partial charge in [-0.2, -0.15) is 0 Å². The van der Waals surface area contributed by atoms with Crippen molar-refractivity contribution < 1.29 is 14.3 Å². The van der Waals surface area contributed by atoms with Gasteiger partial charge in [0.1, 0.15) is 6.61 Å². The summed E-state index contributed by atoms with van der Waals surface area (Å²) in [7, 11) is 3.42. The Hall–Kier alpha value is -1.70. The minimum absolute atomic E-state index is 0.0352. The average Bonchev–Trinajstić information content (AvgIpc) is 2.81. The molecular formula is C26H42N4O3S2. The van der Waals surface area contributed by atoms with Crippen LogP contribution in [0, 0.1) is 23.7 Å².